The zero-order valence-corrected chi connectivity index (χ0v) is 11.0. The molecule has 5 nitrogen and oxygen atoms in total. The predicted octanol–water partition coefficient (Wildman–Crippen LogP) is 1.76. The van der Waals surface area contributed by atoms with Crippen LogP contribution in [0.3, 0.4) is 0 Å². The molecule has 2 aromatic heterocycles. The minimum absolute atomic E-state index is 0.0720. The summed E-state index contributed by atoms with van der Waals surface area (Å²) in [6.45, 7) is 4.95. The van der Waals surface area contributed by atoms with E-state index in [0.717, 1.165) is 11.6 Å². The Morgan fingerprint density at radius 2 is 1.95 bits per heavy atom. The zero-order chi connectivity index (χ0) is 14.2. The third-order valence-electron chi connectivity index (χ3n) is 2.88. The van der Waals surface area contributed by atoms with Crippen molar-refractivity contribution in [1.29, 1.82) is 0 Å². The summed E-state index contributed by atoms with van der Waals surface area (Å²) < 4.78 is 1.45. The molecule has 1 N–H and O–H groups in total. The van der Waals surface area contributed by atoms with E-state index in [-0.39, 0.29) is 17.1 Å². The van der Waals surface area contributed by atoms with Crippen molar-refractivity contribution >= 4 is 5.78 Å². The van der Waals surface area contributed by atoms with Crippen LogP contribution in [0.5, 0.6) is 5.75 Å². The molecule has 2 rings (SSSR count). The smallest absolute Gasteiger partial charge is 0.258 e. The van der Waals surface area contributed by atoms with Crippen molar-refractivity contribution in [2.24, 2.45) is 0 Å². The van der Waals surface area contributed by atoms with E-state index >= 15 is 0 Å². The number of rotatable bonds is 2. The summed E-state index contributed by atoms with van der Waals surface area (Å²) in [5.74, 6) is -0.233. The highest BCUT2D eigenvalue weighted by Gasteiger charge is 2.11. The third kappa shape index (κ3) is 2.40. The molecule has 2 aromatic rings. The normalized spacial score (nSPS) is 10.5. The Kier molecular flexibility index (Phi) is 3.21. The van der Waals surface area contributed by atoms with E-state index < -0.39 is 0 Å². The first-order valence-electron chi connectivity index (χ1n) is 5.81. The lowest BCUT2D eigenvalue weighted by Gasteiger charge is -2.13. The third-order valence-corrected chi connectivity index (χ3v) is 2.88. The largest absolute Gasteiger partial charge is 0.508 e. The van der Waals surface area contributed by atoms with Gasteiger partial charge in [-0.1, -0.05) is 0 Å². The average molecular weight is 258 g/mol. The van der Waals surface area contributed by atoms with Crippen LogP contribution >= 0.6 is 0 Å². The van der Waals surface area contributed by atoms with E-state index in [1.54, 1.807) is 19.2 Å². The van der Waals surface area contributed by atoms with E-state index in [1.165, 1.54) is 17.6 Å². The zero-order valence-electron chi connectivity index (χ0n) is 11.0. The van der Waals surface area contributed by atoms with E-state index in [9.17, 15) is 14.7 Å². The summed E-state index contributed by atoms with van der Waals surface area (Å²) >= 11 is 0. The van der Waals surface area contributed by atoms with Gasteiger partial charge in [0.25, 0.3) is 5.56 Å². The molecule has 0 fully saturated rings. The quantitative estimate of drug-likeness (QED) is 0.833. The molecule has 2 heterocycles. The maximum absolute atomic E-state index is 12.0. The van der Waals surface area contributed by atoms with Gasteiger partial charge in [-0.05, 0) is 31.5 Å². The van der Waals surface area contributed by atoms with E-state index in [0.29, 0.717) is 17.1 Å². The Labute approximate surface area is 110 Å². The lowest BCUT2D eigenvalue weighted by atomic mass is 10.1. The van der Waals surface area contributed by atoms with Crippen molar-refractivity contribution < 1.29 is 9.90 Å². The Balaban J connectivity index is 2.75. The average Bonchev–Trinajstić information content (AvgIpc) is 2.29. The molecule has 0 aliphatic carbocycles. The molecule has 0 aromatic carbocycles. The summed E-state index contributed by atoms with van der Waals surface area (Å²) in [6, 6.07) is 4.22. The van der Waals surface area contributed by atoms with E-state index in [4.69, 9.17) is 0 Å². The number of aromatic hydroxyl groups is 1. The van der Waals surface area contributed by atoms with Gasteiger partial charge in [0, 0.05) is 24.9 Å². The molecule has 0 saturated carbocycles. The van der Waals surface area contributed by atoms with Crippen LogP contribution in [0.2, 0.25) is 0 Å². The van der Waals surface area contributed by atoms with Gasteiger partial charge in [0.2, 0.25) is 0 Å². The van der Waals surface area contributed by atoms with Crippen LogP contribution < -0.4 is 5.56 Å². The summed E-state index contributed by atoms with van der Waals surface area (Å²) in [7, 11) is 0. The number of nitrogens with zero attached hydrogens (tertiary/aromatic N) is 2. The maximum Gasteiger partial charge on any atom is 0.258 e. The predicted molar refractivity (Wildman–Crippen MR) is 71.0 cm³/mol. The SMILES string of the molecule is CC(=O)c1cc(-n2c(C)cc(O)cc2=O)c(C)cn1. The van der Waals surface area contributed by atoms with Crippen LogP contribution in [-0.2, 0) is 0 Å². The Bertz CT molecular complexity index is 717. The molecule has 98 valence electrons. The molecule has 0 aliphatic rings. The Morgan fingerprint density at radius 3 is 2.53 bits per heavy atom. The van der Waals surface area contributed by atoms with Gasteiger partial charge in [0.15, 0.2) is 5.78 Å². The number of Topliss-reactive ketones (excluding diaryl/α,β-unsaturated/α-hetero) is 1. The van der Waals surface area contributed by atoms with Crippen molar-refractivity contribution in [3.05, 3.63) is 51.7 Å². The molecule has 0 saturated heterocycles. The lowest BCUT2D eigenvalue weighted by Crippen LogP contribution is -2.20. The first-order chi connectivity index (χ1) is 8.90. The van der Waals surface area contributed by atoms with Crippen LogP contribution in [0.4, 0.5) is 0 Å². The number of aryl methyl sites for hydroxylation is 2. The van der Waals surface area contributed by atoms with Gasteiger partial charge < -0.3 is 5.11 Å². The molecule has 19 heavy (non-hydrogen) atoms. The Morgan fingerprint density at radius 1 is 1.26 bits per heavy atom. The number of carbonyl (C=O) groups is 1. The molecular weight excluding hydrogens is 244 g/mol. The molecule has 5 heteroatoms. The molecule has 0 atom stereocenters. The fourth-order valence-electron chi connectivity index (χ4n) is 1.94. The second kappa shape index (κ2) is 4.68. The molecule has 0 radical (unpaired) electrons. The number of hydrogen-bond donors (Lipinski definition) is 1. The summed E-state index contributed by atoms with van der Waals surface area (Å²) in [6.07, 6.45) is 1.56. The number of aromatic nitrogens is 2. The topological polar surface area (TPSA) is 72.2 Å². The first kappa shape index (κ1) is 13.0. The number of ketones is 1. The van der Waals surface area contributed by atoms with Gasteiger partial charge in [-0.3, -0.25) is 19.1 Å². The van der Waals surface area contributed by atoms with Crippen LogP contribution in [0.25, 0.3) is 5.69 Å². The second-order valence-electron chi connectivity index (χ2n) is 4.44. The van der Waals surface area contributed by atoms with Crippen LogP contribution in [-0.4, -0.2) is 20.4 Å². The van der Waals surface area contributed by atoms with Crippen LogP contribution in [0, 0.1) is 13.8 Å². The fraction of sp³-hybridized carbons (Fsp3) is 0.214. The number of carbonyl (C=O) groups excluding carboxylic acids is 1. The number of pyridine rings is 2. The van der Waals surface area contributed by atoms with Gasteiger partial charge in [-0.15, -0.1) is 0 Å². The number of hydrogen-bond acceptors (Lipinski definition) is 4. The van der Waals surface area contributed by atoms with Gasteiger partial charge in [0.1, 0.15) is 11.4 Å². The van der Waals surface area contributed by atoms with Crippen molar-refractivity contribution in [3.63, 3.8) is 0 Å². The standard InChI is InChI=1S/C14H14N2O3/c1-8-7-15-12(10(3)17)6-13(8)16-9(2)4-11(18)5-14(16)19/h4-7,18H,1-3H3. The summed E-state index contributed by atoms with van der Waals surface area (Å²) in [5.41, 5.74) is 1.93. The minimum Gasteiger partial charge on any atom is -0.508 e. The van der Waals surface area contributed by atoms with E-state index in [1.807, 2.05) is 6.92 Å². The van der Waals surface area contributed by atoms with E-state index in [2.05, 4.69) is 4.98 Å². The highest BCUT2D eigenvalue weighted by molar-refractivity contribution is 5.92. The van der Waals surface area contributed by atoms with Crippen molar-refractivity contribution in [1.82, 2.24) is 9.55 Å². The monoisotopic (exact) mass is 258 g/mol. The highest BCUT2D eigenvalue weighted by Crippen LogP contribution is 2.17. The summed E-state index contributed by atoms with van der Waals surface area (Å²) in [5, 5.41) is 9.40. The Hall–Kier alpha value is -2.43. The van der Waals surface area contributed by atoms with Gasteiger partial charge in [0.05, 0.1) is 5.69 Å². The fourth-order valence-corrected chi connectivity index (χ4v) is 1.94. The summed E-state index contributed by atoms with van der Waals surface area (Å²) in [4.78, 5) is 27.4. The molecule has 0 spiro atoms. The van der Waals surface area contributed by atoms with Gasteiger partial charge >= 0.3 is 0 Å². The minimum atomic E-state index is -0.346. The highest BCUT2D eigenvalue weighted by atomic mass is 16.3. The van der Waals surface area contributed by atoms with Crippen LogP contribution in [0.15, 0.2) is 29.2 Å². The van der Waals surface area contributed by atoms with Crippen molar-refractivity contribution in [2.45, 2.75) is 20.8 Å². The van der Waals surface area contributed by atoms with Crippen LogP contribution in [0.1, 0.15) is 28.7 Å². The molecule has 0 bridgehead atoms. The maximum atomic E-state index is 12.0. The van der Waals surface area contributed by atoms with Gasteiger partial charge in [-0.2, -0.15) is 0 Å². The second-order valence-corrected chi connectivity index (χ2v) is 4.44. The molecule has 0 amide bonds. The molecule has 0 unspecified atom stereocenters. The molecule has 0 aliphatic heterocycles. The first-order valence-corrected chi connectivity index (χ1v) is 5.81. The molecular formula is C14H14N2O3. The van der Waals surface area contributed by atoms with Crippen molar-refractivity contribution in [3.8, 4) is 11.4 Å². The van der Waals surface area contributed by atoms with Gasteiger partial charge in [-0.25, -0.2) is 0 Å². The van der Waals surface area contributed by atoms with Crippen molar-refractivity contribution in [2.75, 3.05) is 0 Å². The lowest BCUT2D eigenvalue weighted by molar-refractivity contribution is 0.101.